The van der Waals surface area contributed by atoms with Crippen molar-refractivity contribution in [3.8, 4) is 0 Å². The third-order valence-electron chi connectivity index (χ3n) is 2.68. The molecule has 1 N–H and O–H groups in total. The van der Waals surface area contributed by atoms with E-state index in [1.54, 1.807) is 6.34 Å². The molecule has 1 fully saturated rings. The van der Waals surface area contributed by atoms with Gasteiger partial charge in [0.05, 0.1) is 5.54 Å². The van der Waals surface area contributed by atoms with Crippen molar-refractivity contribution in [3.63, 3.8) is 0 Å². The SMILES string of the molecule is C[C@]1(CCCN2CCNS2=O)C=NC=N1. The Morgan fingerprint density at radius 3 is 3.13 bits per heavy atom. The van der Waals surface area contributed by atoms with Crippen LogP contribution in [0.5, 0.6) is 0 Å². The van der Waals surface area contributed by atoms with Gasteiger partial charge in [-0.3, -0.25) is 4.99 Å². The van der Waals surface area contributed by atoms with Gasteiger partial charge in [-0.15, -0.1) is 0 Å². The molecule has 6 heteroatoms. The van der Waals surface area contributed by atoms with E-state index < -0.39 is 11.2 Å². The largest absolute Gasteiger partial charge is 0.261 e. The van der Waals surface area contributed by atoms with E-state index in [-0.39, 0.29) is 5.54 Å². The zero-order valence-electron chi connectivity index (χ0n) is 8.85. The molecule has 2 aliphatic heterocycles. The van der Waals surface area contributed by atoms with E-state index in [9.17, 15) is 4.21 Å². The first-order chi connectivity index (χ1) is 7.20. The fourth-order valence-corrected chi connectivity index (χ4v) is 2.76. The number of rotatable bonds is 4. The van der Waals surface area contributed by atoms with Gasteiger partial charge in [-0.1, -0.05) is 0 Å². The maximum absolute atomic E-state index is 11.4. The Bertz CT molecular complexity index is 303. The van der Waals surface area contributed by atoms with Crippen LogP contribution in [0.15, 0.2) is 9.98 Å². The molecule has 2 atom stereocenters. The van der Waals surface area contributed by atoms with E-state index in [1.807, 2.05) is 10.5 Å². The van der Waals surface area contributed by atoms with Gasteiger partial charge in [0, 0.05) is 25.8 Å². The van der Waals surface area contributed by atoms with Crippen molar-refractivity contribution in [2.75, 3.05) is 19.6 Å². The van der Waals surface area contributed by atoms with Crippen LogP contribution in [0.2, 0.25) is 0 Å². The molecule has 0 aromatic rings. The third kappa shape index (κ3) is 2.70. The second kappa shape index (κ2) is 4.51. The molecule has 84 valence electrons. The smallest absolute Gasteiger partial charge is 0.170 e. The van der Waals surface area contributed by atoms with E-state index in [4.69, 9.17) is 0 Å². The lowest BCUT2D eigenvalue weighted by Crippen LogP contribution is -2.27. The average molecular weight is 228 g/mol. The van der Waals surface area contributed by atoms with Crippen LogP contribution >= 0.6 is 0 Å². The molecule has 0 aliphatic carbocycles. The number of hydrogen-bond donors (Lipinski definition) is 1. The summed E-state index contributed by atoms with van der Waals surface area (Å²) in [5.74, 6) is 0. The number of hydrogen-bond acceptors (Lipinski definition) is 3. The van der Waals surface area contributed by atoms with Crippen molar-refractivity contribution < 1.29 is 4.21 Å². The van der Waals surface area contributed by atoms with Gasteiger partial charge in [0.25, 0.3) is 0 Å². The van der Waals surface area contributed by atoms with Crippen LogP contribution in [0.1, 0.15) is 19.8 Å². The van der Waals surface area contributed by atoms with Crippen LogP contribution in [0, 0.1) is 0 Å². The van der Waals surface area contributed by atoms with Crippen molar-refractivity contribution in [1.82, 2.24) is 9.03 Å². The highest BCUT2D eigenvalue weighted by molar-refractivity contribution is 7.80. The molecule has 1 unspecified atom stereocenters. The minimum atomic E-state index is -0.966. The summed E-state index contributed by atoms with van der Waals surface area (Å²) >= 11 is -0.966. The lowest BCUT2D eigenvalue weighted by molar-refractivity contribution is 0.439. The highest BCUT2D eigenvalue weighted by atomic mass is 32.2. The van der Waals surface area contributed by atoms with Crippen molar-refractivity contribution >= 4 is 23.7 Å². The predicted molar refractivity (Wildman–Crippen MR) is 62.3 cm³/mol. The molecule has 0 aromatic carbocycles. The van der Waals surface area contributed by atoms with Crippen molar-refractivity contribution in [2.45, 2.75) is 25.3 Å². The first-order valence-corrected chi connectivity index (χ1v) is 6.29. The zero-order valence-corrected chi connectivity index (χ0v) is 9.66. The maximum Gasteiger partial charge on any atom is 0.170 e. The molecule has 0 spiro atoms. The highest BCUT2D eigenvalue weighted by Crippen LogP contribution is 2.18. The number of nitrogens with one attached hydrogen (secondary N) is 1. The summed E-state index contributed by atoms with van der Waals surface area (Å²) in [7, 11) is 0. The Morgan fingerprint density at radius 1 is 1.67 bits per heavy atom. The van der Waals surface area contributed by atoms with E-state index in [0.717, 1.165) is 32.5 Å². The average Bonchev–Trinajstić information content (AvgIpc) is 2.78. The van der Waals surface area contributed by atoms with Gasteiger partial charge in [-0.25, -0.2) is 18.2 Å². The summed E-state index contributed by atoms with van der Waals surface area (Å²) in [6.45, 7) is 4.63. The fourth-order valence-electron chi connectivity index (χ4n) is 1.76. The molecule has 2 rings (SSSR count). The lowest BCUT2D eigenvalue weighted by atomic mass is 9.99. The van der Waals surface area contributed by atoms with Crippen molar-refractivity contribution in [1.29, 1.82) is 0 Å². The molecule has 2 aliphatic rings. The molecule has 0 aromatic heterocycles. The second-order valence-corrected chi connectivity index (χ2v) is 5.36. The minimum absolute atomic E-state index is 0.130. The third-order valence-corrected chi connectivity index (χ3v) is 3.97. The van der Waals surface area contributed by atoms with Gasteiger partial charge in [0.1, 0.15) is 6.34 Å². The number of nitrogens with zero attached hydrogens (tertiary/aromatic N) is 3. The van der Waals surface area contributed by atoms with Crippen LogP contribution in [-0.4, -0.2) is 46.2 Å². The van der Waals surface area contributed by atoms with Crippen LogP contribution < -0.4 is 4.72 Å². The van der Waals surface area contributed by atoms with Gasteiger partial charge < -0.3 is 0 Å². The molecule has 1 saturated heterocycles. The van der Waals surface area contributed by atoms with E-state index in [1.165, 1.54) is 0 Å². The highest BCUT2D eigenvalue weighted by Gasteiger charge is 2.24. The van der Waals surface area contributed by atoms with Crippen LogP contribution in [0.4, 0.5) is 0 Å². The molecule has 15 heavy (non-hydrogen) atoms. The normalized spacial score (nSPS) is 35.4. The molecular weight excluding hydrogens is 212 g/mol. The van der Waals surface area contributed by atoms with Crippen molar-refractivity contribution in [2.24, 2.45) is 9.98 Å². The fraction of sp³-hybridized carbons (Fsp3) is 0.778. The molecule has 0 saturated carbocycles. The Balaban J connectivity index is 1.73. The topological polar surface area (TPSA) is 57.1 Å². The Hall–Kier alpha value is -0.590. The molecular formula is C9H16N4OS. The van der Waals surface area contributed by atoms with Gasteiger partial charge in [0.15, 0.2) is 11.2 Å². The Kier molecular flexibility index (Phi) is 3.28. The molecule has 0 amide bonds. The van der Waals surface area contributed by atoms with Crippen LogP contribution in [0.3, 0.4) is 0 Å². The minimum Gasteiger partial charge on any atom is -0.261 e. The van der Waals surface area contributed by atoms with E-state index in [2.05, 4.69) is 21.6 Å². The predicted octanol–water partition coefficient (Wildman–Crippen LogP) is 0.122. The van der Waals surface area contributed by atoms with Gasteiger partial charge >= 0.3 is 0 Å². The summed E-state index contributed by atoms with van der Waals surface area (Å²) in [4.78, 5) is 8.29. The summed E-state index contributed by atoms with van der Waals surface area (Å²) in [5.41, 5.74) is -0.130. The molecule has 5 nitrogen and oxygen atoms in total. The summed E-state index contributed by atoms with van der Waals surface area (Å²) in [5, 5.41) is 0. The van der Waals surface area contributed by atoms with Crippen LogP contribution in [0.25, 0.3) is 0 Å². The molecule has 0 bridgehead atoms. The standard InChI is InChI=1S/C9H16N4OS/c1-9(7-10-8-11-9)3-2-5-13-6-4-12-15(13)14/h7-8,12H,2-6H2,1H3/t9-,15?/m0/s1. The lowest BCUT2D eigenvalue weighted by Gasteiger charge is -2.18. The zero-order chi connectivity index (χ0) is 10.7. The molecule has 0 radical (unpaired) electrons. The quantitative estimate of drug-likeness (QED) is 0.730. The Labute approximate surface area is 92.4 Å². The number of aliphatic imine (C=N–C) groups is 2. The maximum atomic E-state index is 11.4. The van der Waals surface area contributed by atoms with Gasteiger partial charge in [-0.2, -0.15) is 0 Å². The Morgan fingerprint density at radius 2 is 2.53 bits per heavy atom. The van der Waals surface area contributed by atoms with Crippen LogP contribution in [-0.2, 0) is 11.2 Å². The van der Waals surface area contributed by atoms with Gasteiger partial charge in [-0.05, 0) is 19.8 Å². The summed E-state index contributed by atoms with van der Waals surface area (Å²) in [6, 6.07) is 0. The van der Waals surface area contributed by atoms with Gasteiger partial charge in [0.2, 0.25) is 0 Å². The van der Waals surface area contributed by atoms with E-state index in [0.29, 0.717) is 0 Å². The van der Waals surface area contributed by atoms with E-state index >= 15 is 0 Å². The second-order valence-electron chi connectivity index (χ2n) is 4.06. The summed E-state index contributed by atoms with van der Waals surface area (Å²) < 4.78 is 16.2. The first-order valence-electron chi connectivity index (χ1n) is 5.18. The molecule has 2 heterocycles. The monoisotopic (exact) mass is 228 g/mol. The summed E-state index contributed by atoms with van der Waals surface area (Å²) in [6.07, 6.45) is 5.44. The van der Waals surface area contributed by atoms with Crippen molar-refractivity contribution in [3.05, 3.63) is 0 Å². The first kappa shape index (κ1) is 10.9.